The molecule has 0 atom stereocenters. The third kappa shape index (κ3) is 3.92. The van der Waals surface area contributed by atoms with Gasteiger partial charge in [0, 0.05) is 0 Å². The number of rotatable bonds is 5. The average molecular weight is 370 g/mol. The molecule has 3 rings (SSSR count). The van der Waals surface area contributed by atoms with Crippen molar-refractivity contribution in [2.75, 3.05) is 0 Å². The van der Waals surface area contributed by atoms with Gasteiger partial charge in [0.25, 0.3) is 0 Å². The van der Waals surface area contributed by atoms with E-state index in [1.165, 1.54) is 28.6 Å². The van der Waals surface area contributed by atoms with Gasteiger partial charge in [0.05, 0.1) is 6.21 Å². The Balaban J connectivity index is 1.79. The molecule has 0 aliphatic rings. The fourth-order valence-corrected chi connectivity index (χ4v) is 2.58. The molecular formula is C18H18N4O3S. The van der Waals surface area contributed by atoms with Crippen LogP contribution in [-0.2, 0) is 6.61 Å². The van der Waals surface area contributed by atoms with Crippen LogP contribution in [0, 0.1) is 18.6 Å². The number of benzene rings is 2. The lowest BCUT2D eigenvalue weighted by Crippen LogP contribution is -2.05. The molecule has 26 heavy (non-hydrogen) atoms. The van der Waals surface area contributed by atoms with Crippen molar-refractivity contribution in [3.8, 4) is 17.2 Å². The van der Waals surface area contributed by atoms with Gasteiger partial charge in [0.2, 0.25) is 4.77 Å². The maximum Gasteiger partial charge on any atom is 0.216 e. The lowest BCUT2D eigenvalue weighted by molar-refractivity contribution is 0.288. The topological polar surface area (TPSA) is 95.7 Å². The summed E-state index contributed by atoms with van der Waals surface area (Å²) in [6, 6.07) is 10.3. The fourth-order valence-electron chi connectivity index (χ4n) is 2.39. The van der Waals surface area contributed by atoms with Crippen LogP contribution in [-0.4, -0.2) is 31.3 Å². The van der Waals surface area contributed by atoms with Crippen LogP contribution < -0.4 is 4.74 Å². The van der Waals surface area contributed by atoms with Crippen LogP contribution in [0.2, 0.25) is 0 Å². The highest BCUT2D eigenvalue weighted by Crippen LogP contribution is 2.24. The van der Waals surface area contributed by atoms with Crippen LogP contribution in [0.4, 0.5) is 0 Å². The summed E-state index contributed by atoms with van der Waals surface area (Å²) < 4.78 is 7.59. The number of hydrogen-bond acceptors (Lipinski definition) is 6. The summed E-state index contributed by atoms with van der Waals surface area (Å²) in [6.07, 6.45) is 1.51. The highest BCUT2D eigenvalue weighted by molar-refractivity contribution is 7.71. The Morgan fingerprint density at radius 1 is 1.19 bits per heavy atom. The number of nitrogens with one attached hydrogen (secondary N) is 1. The fraction of sp³-hybridized carbons (Fsp3) is 0.167. The smallest absolute Gasteiger partial charge is 0.216 e. The Bertz CT molecular complexity index is 1020. The predicted molar refractivity (Wildman–Crippen MR) is 100 cm³/mol. The zero-order valence-corrected chi connectivity index (χ0v) is 15.1. The molecule has 0 aliphatic carbocycles. The third-order valence-electron chi connectivity index (χ3n) is 3.73. The molecule has 0 spiro atoms. The van der Waals surface area contributed by atoms with Gasteiger partial charge in [-0.3, -0.25) is 0 Å². The summed E-state index contributed by atoms with van der Waals surface area (Å²) in [7, 11) is 0. The molecular weight excluding hydrogens is 352 g/mol. The molecule has 0 amide bonds. The monoisotopic (exact) mass is 370 g/mol. The third-order valence-corrected chi connectivity index (χ3v) is 3.99. The maximum absolute atomic E-state index is 9.54. The second-order valence-corrected chi connectivity index (χ2v) is 6.19. The van der Waals surface area contributed by atoms with Crippen molar-refractivity contribution in [2.45, 2.75) is 20.5 Å². The first-order valence-corrected chi connectivity index (χ1v) is 8.27. The molecule has 2 aromatic carbocycles. The van der Waals surface area contributed by atoms with E-state index in [4.69, 9.17) is 17.0 Å². The summed E-state index contributed by atoms with van der Waals surface area (Å²) in [5.74, 6) is 0.866. The van der Waals surface area contributed by atoms with E-state index in [0.29, 0.717) is 16.2 Å². The second kappa shape index (κ2) is 7.40. The molecule has 1 heterocycles. The van der Waals surface area contributed by atoms with Crippen molar-refractivity contribution in [3.05, 3.63) is 63.7 Å². The van der Waals surface area contributed by atoms with Crippen molar-refractivity contribution in [1.29, 1.82) is 0 Å². The van der Waals surface area contributed by atoms with Gasteiger partial charge in [-0.05, 0) is 61.5 Å². The maximum atomic E-state index is 9.54. The molecule has 0 unspecified atom stereocenters. The van der Waals surface area contributed by atoms with E-state index in [2.05, 4.69) is 15.3 Å². The van der Waals surface area contributed by atoms with Gasteiger partial charge in [-0.15, -0.1) is 0 Å². The van der Waals surface area contributed by atoms with E-state index in [1.807, 2.05) is 32.0 Å². The first-order chi connectivity index (χ1) is 12.4. The zero-order valence-electron chi connectivity index (χ0n) is 14.3. The van der Waals surface area contributed by atoms with E-state index in [1.54, 1.807) is 6.07 Å². The van der Waals surface area contributed by atoms with Gasteiger partial charge < -0.3 is 14.9 Å². The van der Waals surface area contributed by atoms with Gasteiger partial charge in [0.1, 0.15) is 12.4 Å². The highest BCUT2D eigenvalue weighted by atomic mass is 32.1. The van der Waals surface area contributed by atoms with Crippen LogP contribution in [0.25, 0.3) is 0 Å². The molecule has 1 aromatic heterocycles. The van der Waals surface area contributed by atoms with Crippen LogP contribution >= 0.6 is 12.2 Å². The van der Waals surface area contributed by atoms with E-state index < -0.39 is 0 Å². The van der Waals surface area contributed by atoms with Crippen molar-refractivity contribution in [1.82, 2.24) is 14.9 Å². The van der Waals surface area contributed by atoms with E-state index >= 15 is 0 Å². The highest BCUT2D eigenvalue weighted by Gasteiger charge is 2.08. The number of H-pyrrole nitrogens is 1. The van der Waals surface area contributed by atoms with Crippen molar-refractivity contribution >= 4 is 18.4 Å². The first kappa shape index (κ1) is 17.7. The summed E-state index contributed by atoms with van der Waals surface area (Å²) in [5.41, 5.74) is 2.80. The molecule has 0 fully saturated rings. The van der Waals surface area contributed by atoms with Crippen molar-refractivity contribution in [3.63, 3.8) is 0 Å². The number of aromatic amines is 1. The minimum absolute atomic E-state index is 0.190. The average Bonchev–Trinajstić information content (AvgIpc) is 2.95. The standard InChI is InChI=1S/C18H18N4O3S/c1-11-3-6-16(12(2)7-11)25-10-17-20-21-18(26)22(17)19-9-13-4-5-14(23)15(24)8-13/h3-9,23-24H,10H2,1-2H3,(H,21,26)/b19-9+. The first-order valence-electron chi connectivity index (χ1n) is 7.87. The van der Waals surface area contributed by atoms with Crippen LogP contribution in [0.1, 0.15) is 22.5 Å². The van der Waals surface area contributed by atoms with E-state index in [0.717, 1.165) is 11.3 Å². The molecule has 0 saturated heterocycles. The molecule has 7 nitrogen and oxygen atoms in total. The SMILES string of the molecule is Cc1ccc(OCc2n[nH]c(=S)n2/N=C/c2ccc(O)c(O)c2)c(C)c1. The number of aromatic hydroxyl groups is 2. The van der Waals surface area contributed by atoms with E-state index in [9.17, 15) is 10.2 Å². The number of phenols is 2. The lowest BCUT2D eigenvalue weighted by Gasteiger charge is -2.09. The zero-order chi connectivity index (χ0) is 18.7. The summed E-state index contributed by atoms with van der Waals surface area (Å²) in [6.45, 7) is 4.20. The number of aromatic nitrogens is 3. The number of phenolic OH excluding ortho intramolecular Hbond substituents is 2. The molecule has 0 radical (unpaired) electrons. The summed E-state index contributed by atoms with van der Waals surface area (Å²) >= 11 is 5.19. The van der Waals surface area contributed by atoms with E-state index in [-0.39, 0.29) is 18.1 Å². The minimum atomic E-state index is -0.219. The number of hydrogen-bond donors (Lipinski definition) is 3. The number of ether oxygens (including phenoxy) is 1. The van der Waals surface area contributed by atoms with Gasteiger partial charge in [-0.25, -0.2) is 5.10 Å². The van der Waals surface area contributed by atoms with Crippen molar-refractivity contribution in [2.24, 2.45) is 5.10 Å². The molecule has 3 N–H and O–H groups in total. The van der Waals surface area contributed by atoms with Crippen LogP contribution in [0.5, 0.6) is 17.2 Å². The van der Waals surface area contributed by atoms with Gasteiger partial charge in [0.15, 0.2) is 17.3 Å². The lowest BCUT2D eigenvalue weighted by atomic mass is 10.1. The molecule has 3 aromatic rings. The van der Waals surface area contributed by atoms with Gasteiger partial charge in [-0.2, -0.15) is 14.9 Å². The minimum Gasteiger partial charge on any atom is -0.504 e. The summed E-state index contributed by atoms with van der Waals surface area (Å²) in [4.78, 5) is 0. The molecule has 0 aliphatic heterocycles. The number of nitrogens with zero attached hydrogens (tertiary/aromatic N) is 3. The Hall–Kier alpha value is -3.13. The molecule has 134 valence electrons. The Morgan fingerprint density at radius 2 is 2.00 bits per heavy atom. The normalized spacial score (nSPS) is 11.2. The van der Waals surface area contributed by atoms with Crippen LogP contribution in [0.3, 0.4) is 0 Å². The largest absolute Gasteiger partial charge is 0.504 e. The molecule has 0 bridgehead atoms. The Labute approximate surface area is 155 Å². The van der Waals surface area contributed by atoms with Gasteiger partial charge in [-0.1, -0.05) is 17.7 Å². The van der Waals surface area contributed by atoms with Gasteiger partial charge >= 0.3 is 0 Å². The summed E-state index contributed by atoms with van der Waals surface area (Å²) in [5, 5.41) is 30.0. The molecule has 0 saturated carbocycles. The second-order valence-electron chi connectivity index (χ2n) is 5.81. The predicted octanol–water partition coefficient (Wildman–Crippen LogP) is 3.43. The number of aryl methyl sites for hydroxylation is 2. The van der Waals surface area contributed by atoms with Crippen molar-refractivity contribution < 1.29 is 14.9 Å². The van der Waals surface area contributed by atoms with Crippen LogP contribution in [0.15, 0.2) is 41.5 Å². The molecule has 8 heteroatoms. The Kier molecular flexibility index (Phi) is 5.04. The Morgan fingerprint density at radius 3 is 2.73 bits per heavy atom. The quantitative estimate of drug-likeness (QED) is 0.363.